The fraction of sp³-hybridized carbons (Fsp3) is 0.278. The number of carbonyl (C=O) groups excluding carboxylic acids is 1. The van der Waals surface area contributed by atoms with Crippen LogP contribution in [0, 0.1) is 5.82 Å². The molecule has 2 amide bonds. The van der Waals surface area contributed by atoms with Crippen molar-refractivity contribution < 1.29 is 9.18 Å². The van der Waals surface area contributed by atoms with E-state index in [1.54, 1.807) is 23.1 Å². The van der Waals surface area contributed by atoms with Crippen LogP contribution in [-0.4, -0.2) is 42.0 Å². The zero-order valence-electron chi connectivity index (χ0n) is 13.2. The van der Waals surface area contributed by atoms with E-state index in [1.165, 1.54) is 6.07 Å². The van der Waals surface area contributed by atoms with Gasteiger partial charge in [-0.2, -0.15) is 0 Å². The lowest BCUT2D eigenvalue weighted by Gasteiger charge is -2.34. The Morgan fingerprint density at radius 3 is 2.42 bits per heavy atom. The van der Waals surface area contributed by atoms with Crippen molar-refractivity contribution in [2.45, 2.75) is 6.54 Å². The average molecular weight is 348 g/mol. The number of nitrogens with zero attached hydrogens (tertiary/aromatic N) is 2. The van der Waals surface area contributed by atoms with Gasteiger partial charge >= 0.3 is 6.03 Å². The Morgan fingerprint density at radius 1 is 1.04 bits per heavy atom. The van der Waals surface area contributed by atoms with Crippen molar-refractivity contribution in [1.29, 1.82) is 0 Å². The summed E-state index contributed by atoms with van der Waals surface area (Å²) >= 11 is 6.19. The molecule has 0 spiro atoms. The molecule has 0 aliphatic carbocycles. The number of amides is 2. The summed E-state index contributed by atoms with van der Waals surface area (Å²) in [5.74, 6) is -0.428. The quantitative estimate of drug-likeness (QED) is 0.916. The highest BCUT2D eigenvalue weighted by Gasteiger charge is 2.22. The lowest BCUT2D eigenvalue weighted by atomic mass is 10.2. The number of para-hydroxylation sites is 1. The summed E-state index contributed by atoms with van der Waals surface area (Å²) in [5, 5.41) is 3.39. The van der Waals surface area contributed by atoms with Crippen molar-refractivity contribution in [2.24, 2.45) is 0 Å². The monoisotopic (exact) mass is 347 g/mol. The maximum atomic E-state index is 13.6. The van der Waals surface area contributed by atoms with Crippen molar-refractivity contribution in [3.05, 3.63) is 64.9 Å². The lowest BCUT2D eigenvalue weighted by molar-refractivity contribution is 0.143. The highest BCUT2D eigenvalue weighted by atomic mass is 35.5. The maximum Gasteiger partial charge on any atom is 0.322 e. The molecule has 0 atom stereocenters. The summed E-state index contributed by atoms with van der Waals surface area (Å²) in [6.45, 7) is 3.49. The fourth-order valence-corrected chi connectivity index (χ4v) is 2.93. The molecule has 0 radical (unpaired) electrons. The van der Waals surface area contributed by atoms with E-state index >= 15 is 0 Å². The number of hydrogen-bond acceptors (Lipinski definition) is 2. The summed E-state index contributed by atoms with van der Waals surface area (Å²) in [7, 11) is 0. The first-order chi connectivity index (χ1) is 11.6. The third kappa shape index (κ3) is 4.04. The molecule has 0 unspecified atom stereocenters. The van der Waals surface area contributed by atoms with Gasteiger partial charge < -0.3 is 10.2 Å². The predicted molar refractivity (Wildman–Crippen MR) is 93.7 cm³/mol. The van der Waals surface area contributed by atoms with Crippen LogP contribution in [0.2, 0.25) is 5.02 Å². The van der Waals surface area contributed by atoms with Crippen LogP contribution in [0.25, 0.3) is 0 Å². The van der Waals surface area contributed by atoms with Crippen molar-refractivity contribution in [3.8, 4) is 0 Å². The highest BCUT2D eigenvalue weighted by Crippen LogP contribution is 2.18. The van der Waals surface area contributed by atoms with Gasteiger partial charge in [0.25, 0.3) is 0 Å². The Balaban J connectivity index is 1.52. The molecule has 126 valence electrons. The third-order valence-corrected chi connectivity index (χ3v) is 4.50. The fourth-order valence-electron chi connectivity index (χ4n) is 2.73. The SMILES string of the molecule is O=C(Nc1ccccc1F)N1CCN(Cc2ccccc2Cl)CC1. The van der Waals surface area contributed by atoms with Gasteiger partial charge in [-0.05, 0) is 23.8 Å². The standard InChI is InChI=1S/C18H19ClFN3O/c19-15-6-2-1-5-14(15)13-22-9-11-23(12-10-22)18(24)21-17-8-4-3-7-16(17)20/h1-8H,9-13H2,(H,21,24). The van der Waals surface area contributed by atoms with E-state index in [2.05, 4.69) is 10.2 Å². The van der Waals surface area contributed by atoms with E-state index in [1.807, 2.05) is 24.3 Å². The Kier molecular flexibility index (Phi) is 5.33. The van der Waals surface area contributed by atoms with Crippen LogP contribution in [0.3, 0.4) is 0 Å². The lowest BCUT2D eigenvalue weighted by Crippen LogP contribution is -2.49. The minimum Gasteiger partial charge on any atom is -0.322 e. The summed E-state index contributed by atoms with van der Waals surface area (Å²) in [4.78, 5) is 16.2. The normalized spacial score (nSPS) is 15.3. The van der Waals surface area contributed by atoms with Crippen LogP contribution in [0.15, 0.2) is 48.5 Å². The molecular formula is C18H19ClFN3O. The summed E-state index contributed by atoms with van der Waals surface area (Å²) in [6.07, 6.45) is 0. The molecule has 6 heteroatoms. The minimum atomic E-state index is -0.428. The Morgan fingerprint density at radius 2 is 1.71 bits per heavy atom. The number of benzene rings is 2. The molecule has 0 bridgehead atoms. The van der Waals surface area contributed by atoms with Crippen LogP contribution in [-0.2, 0) is 6.54 Å². The molecule has 24 heavy (non-hydrogen) atoms. The molecule has 1 heterocycles. The summed E-state index contributed by atoms with van der Waals surface area (Å²) in [5.41, 5.74) is 1.30. The van der Waals surface area contributed by atoms with Crippen molar-refractivity contribution in [2.75, 3.05) is 31.5 Å². The van der Waals surface area contributed by atoms with E-state index in [9.17, 15) is 9.18 Å². The third-order valence-electron chi connectivity index (χ3n) is 4.13. The van der Waals surface area contributed by atoms with Crippen molar-refractivity contribution in [1.82, 2.24) is 9.80 Å². The second-order valence-electron chi connectivity index (χ2n) is 5.76. The number of anilines is 1. The number of urea groups is 1. The molecule has 4 nitrogen and oxygen atoms in total. The molecule has 1 fully saturated rings. The molecular weight excluding hydrogens is 329 g/mol. The van der Waals surface area contributed by atoms with E-state index in [4.69, 9.17) is 11.6 Å². The molecule has 1 N–H and O–H groups in total. The van der Waals surface area contributed by atoms with Crippen LogP contribution >= 0.6 is 11.6 Å². The molecule has 0 saturated carbocycles. The van der Waals surface area contributed by atoms with Crippen molar-refractivity contribution in [3.63, 3.8) is 0 Å². The van der Waals surface area contributed by atoms with Gasteiger partial charge in [0.2, 0.25) is 0 Å². The first kappa shape index (κ1) is 16.7. The Labute approximate surface area is 145 Å². The largest absolute Gasteiger partial charge is 0.322 e. The van der Waals surface area contributed by atoms with E-state index < -0.39 is 5.82 Å². The molecule has 1 aliphatic heterocycles. The van der Waals surface area contributed by atoms with E-state index in [0.717, 1.165) is 30.2 Å². The van der Waals surface area contributed by atoms with Gasteiger partial charge in [0.15, 0.2) is 0 Å². The average Bonchev–Trinajstić information content (AvgIpc) is 2.59. The van der Waals surface area contributed by atoms with Gasteiger partial charge in [-0.3, -0.25) is 4.90 Å². The van der Waals surface area contributed by atoms with Crippen LogP contribution < -0.4 is 5.32 Å². The van der Waals surface area contributed by atoms with Gasteiger partial charge in [-0.25, -0.2) is 9.18 Å². The Hall–Kier alpha value is -2.11. The van der Waals surface area contributed by atoms with Crippen LogP contribution in [0.1, 0.15) is 5.56 Å². The predicted octanol–water partition coefficient (Wildman–Crippen LogP) is 3.83. The number of rotatable bonds is 3. The topological polar surface area (TPSA) is 35.6 Å². The molecule has 0 aromatic heterocycles. The van der Waals surface area contributed by atoms with Gasteiger partial charge in [-0.1, -0.05) is 41.9 Å². The number of piperazine rings is 1. The second-order valence-corrected chi connectivity index (χ2v) is 6.17. The summed E-state index contributed by atoms with van der Waals surface area (Å²) in [6, 6.07) is 13.7. The number of carbonyl (C=O) groups is 1. The van der Waals surface area contributed by atoms with E-state index in [0.29, 0.717) is 13.1 Å². The minimum absolute atomic E-state index is 0.209. The number of halogens is 2. The van der Waals surface area contributed by atoms with E-state index in [-0.39, 0.29) is 11.7 Å². The van der Waals surface area contributed by atoms with Crippen molar-refractivity contribution >= 4 is 23.3 Å². The molecule has 2 aromatic carbocycles. The highest BCUT2D eigenvalue weighted by molar-refractivity contribution is 6.31. The first-order valence-electron chi connectivity index (χ1n) is 7.90. The zero-order chi connectivity index (χ0) is 16.9. The maximum absolute atomic E-state index is 13.6. The summed E-state index contributed by atoms with van der Waals surface area (Å²) < 4.78 is 13.6. The molecule has 2 aromatic rings. The Bertz CT molecular complexity index is 717. The number of nitrogens with one attached hydrogen (secondary N) is 1. The van der Waals surface area contributed by atoms with Gasteiger partial charge in [0.05, 0.1) is 5.69 Å². The van der Waals surface area contributed by atoms with Gasteiger partial charge in [-0.15, -0.1) is 0 Å². The molecule has 1 saturated heterocycles. The first-order valence-corrected chi connectivity index (χ1v) is 8.27. The second kappa shape index (κ2) is 7.64. The smallest absolute Gasteiger partial charge is 0.322 e. The number of hydrogen-bond donors (Lipinski definition) is 1. The van der Waals surface area contributed by atoms with Crippen LogP contribution in [0.4, 0.5) is 14.9 Å². The molecule has 3 rings (SSSR count). The zero-order valence-corrected chi connectivity index (χ0v) is 14.0. The van der Waals surface area contributed by atoms with Crippen LogP contribution in [0.5, 0.6) is 0 Å². The van der Waals surface area contributed by atoms with Gasteiger partial charge in [0.1, 0.15) is 5.82 Å². The molecule has 1 aliphatic rings. The van der Waals surface area contributed by atoms with Gasteiger partial charge in [0, 0.05) is 37.7 Å².